The quantitative estimate of drug-likeness (QED) is 0.613. The lowest BCUT2D eigenvalue weighted by Gasteiger charge is -2.36. The number of allylic oxidation sites excluding steroid dienone is 2. The van der Waals surface area contributed by atoms with Gasteiger partial charge in [0.15, 0.2) is 0 Å². The fourth-order valence-corrected chi connectivity index (χ4v) is 4.05. The Kier molecular flexibility index (Phi) is 8.28. The van der Waals surface area contributed by atoms with Crippen molar-refractivity contribution in [3.05, 3.63) is 12.2 Å². The molecule has 0 bridgehead atoms. The molecule has 1 aliphatic heterocycles. The van der Waals surface area contributed by atoms with Gasteiger partial charge in [0.25, 0.3) is 0 Å². The predicted octanol–water partition coefficient (Wildman–Crippen LogP) is 5.76. The molecule has 1 aliphatic rings. The monoisotopic (exact) mass is 298 g/mol. The number of rotatable bonds is 3. The second-order valence-corrected chi connectivity index (χ2v) is 8.28. The first-order chi connectivity index (χ1) is 9.43. The summed E-state index contributed by atoms with van der Waals surface area (Å²) in [5.74, 6) is 3.71. The summed E-state index contributed by atoms with van der Waals surface area (Å²) in [6.45, 7) is 13.9. The van der Waals surface area contributed by atoms with Crippen molar-refractivity contribution in [3.8, 4) is 0 Å². The van der Waals surface area contributed by atoms with Gasteiger partial charge in [-0.1, -0.05) is 53.7 Å². The van der Waals surface area contributed by atoms with E-state index in [9.17, 15) is 0 Å². The van der Waals surface area contributed by atoms with E-state index in [0.29, 0.717) is 35.2 Å². The standard InChI is InChI=1S/C18H34OS/c1-13(2)16-11-9-7-8-10-12-20-18(15(5)6)19-17(16)14(3)4/h7-8,13-18H,9-12H2,1-6H3/b8-7-. The Morgan fingerprint density at radius 2 is 1.55 bits per heavy atom. The fraction of sp³-hybridized carbons (Fsp3) is 0.889. The van der Waals surface area contributed by atoms with E-state index in [2.05, 4.69) is 53.7 Å². The molecule has 0 saturated heterocycles. The van der Waals surface area contributed by atoms with Gasteiger partial charge in [-0.2, -0.15) is 0 Å². The van der Waals surface area contributed by atoms with Gasteiger partial charge >= 0.3 is 0 Å². The van der Waals surface area contributed by atoms with Gasteiger partial charge in [0.05, 0.1) is 6.10 Å². The summed E-state index contributed by atoms with van der Waals surface area (Å²) in [7, 11) is 0. The highest BCUT2D eigenvalue weighted by molar-refractivity contribution is 7.99. The summed E-state index contributed by atoms with van der Waals surface area (Å²) in [5, 5.41) is 0. The molecule has 1 rings (SSSR count). The van der Waals surface area contributed by atoms with Gasteiger partial charge in [0, 0.05) is 0 Å². The third-order valence-corrected chi connectivity index (χ3v) is 5.63. The Labute approximate surface area is 130 Å². The normalized spacial score (nSPS) is 31.6. The van der Waals surface area contributed by atoms with E-state index in [1.807, 2.05) is 11.8 Å². The van der Waals surface area contributed by atoms with Gasteiger partial charge < -0.3 is 4.74 Å². The minimum atomic E-state index is 0.343. The van der Waals surface area contributed by atoms with Crippen LogP contribution >= 0.6 is 11.8 Å². The van der Waals surface area contributed by atoms with Crippen molar-refractivity contribution in [1.29, 1.82) is 0 Å². The van der Waals surface area contributed by atoms with Crippen LogP contribution in [0.1, 0.15) is 60.8 Å². The molecule has 0 spiro atoms. The molecular formula is C18H34OS. The first-order valence-electron chi connectivity index (χ1n) is 8.35. The minimum Gasteiger partial charge on any atom is -0.364 e. The Morgan fingerprint density at radius 1 is 0.900 bits per heavy atom. The van der Waals surface area contributed by atoms with Gasteiger partial charge in [-0.05, 0) is 48.7 Å². The van der Waals surface area contributed by atoms with Gasteiger partial charge in [0.2, 0.25) is 0 Å². The van der Waals surface area contributed by atoms with Crippen LogP contribution in [0.2, 0.25) is 0 Å². The third kappa shape index (κ3) is 5.81. The molecule has 1 nitrogen and oxygen atoms in total. The maximum absolute atomic E-state index is 6.61. The minimum absolute atomic E-state index is 0.343. The van der Waals surface area contributed by atoms with Crippen molar-refractivity contribution in [3.63, 3.8) is 0 Å². The molecule has 0 saturated carbocycles. The Morgan fingerprint density at radius 3 is 2.10 bits per heavy atom. The first kappa shape index (κ1) is 18.1. The van der Waals surface area contributed by atoms with Crippen molar-refractivity contribution in [2.45, 2.75) is 72.3 Å². The van der Waals surface area contributed by atoms with Crippen LogP contribution in [0.15, 0.2) is 12.2 Å². The molecule has 0 aliphatic carbocycles. The van der Waals surface area contributed by atoms with Gasteiger partial charge in [-0.3, -0.25) is 0 Å². The second kappa shape index (κ2) is 9.15. The zero-order valence-corrected chi connectivity index (χ0v) is 15.1. The SMILES string of the molecule is CC(C)C1OC(C(C)C)C(C(C)C)CC/C=C\CCS1. The highest BCUT2D eigenvalue weighted by Gasteiger charge is 2.31. The summed E-state index contributed by atoms with van der Waals surface area (Å²) in [5.41, 5.74) is 0.343. The molecule has 3 unspecified atom stereocenters. The topological polar surface area (TPSA) is 9.23 Å². The van der Waals surface area contributed by atoms with Crippen LogP contribution in [0.4, 0.5) is 0 Å². The largest absolute Gasteiger partial charge is 0.364 e. The first-order valence-corrected chi connectivity index (χ1v) is 9.40. The molecule has 0 fully saturated rings. The maximum Gasteiger partial charge on any atom is 0.105 e. The lowest BCUT2D eigenvalue weighted by molar-refractivity contribution is -0.0588. The fourth-order valence-electron chi connectivity index (χ4n) is 2.95. The van der Waals surface area contributed by atoms with Crippen molar-refractivity contribution >= 4 is 11.8 Å². The molecule has 0 aromatic carbocycles. The van der Waals surface area contributed by atoms with Crippen LogP contribution in [0.25, 0.3) is 0 Å². The average Bonchev–Trinajstić information content (AvgIpc) is 2.40. The number of hydrogen-bond donors (Lipinski definition) is 0. The Bertz CT molecular complexity index is 283. The lowest BCUT2D eigenvalue weighted by atomic mass is 9.81. The molecule has 2 heteroatoms. The predicted molar refractivity (Wildman–Crippen MR) is 92.1 cm³/mol. The van der Waals surface area contributed by atoms with Crippen molar-refractivity contribution < 1.29 is 4.74 Å². The molecule has 118 valence electrons. The van der Waals surface area contributed by atoms with E-state index < -0.39 is 0 Å². The van der Waals surface area contributed by atoms with Gasteiger partial charge in [-0.25, -0.2) is 0 Å². The zero-order valence-electron chi connectivity index (χ0n) is 14.3. The number of ether oxygens (including phenoxy) is 1. The highest BCUT2D eigenvalue weighted by Crippen LogP contribution is 2.33. The van der Waals surface area contributed by atoms with E-state index >= 15 is 0 Å². The van der Waals surface area contributed by atoms with Crippen LogP contribution < -0.4 is 0 Å². The third-order valence-electron chi connectivity index (χ3n) is 4.17. The summed E-state index contributed by atoms with van der Waals surface area (Å²) in [4.78, 5) is 0. The molecule has 0 aromatic rings. The van der Waals surface area contributed by atoms with Crippen molar-refractivity contribution in [1.82, 2.24) is 0 Å². The summed E-state index contributed by atoms with van der Waals surface area (Å²) in [6, 6.07) is 0. The Hall–Kier alpha value is 0.0500. The smallest absolute Gasteiger partial charge is 0.105 e. The van der Waals surface area contributed by atoms with Crippen LogP contribution in [0.5, 0.6) is 0 Å². The van der Waals surface area contributed by atoms with E-state index in [1.165, 1.54) is 25.0 Å². The van der Waals surface area contributed by atoms with Crippen LogP contribution in [-0.4, -0.2) is 17.3 Å². The summed E-state index contributed by atoms with van der Waals surface area (Å²) >= 11 is 2.00. The van der Waals surface area contributed by atoms with Crippen molar-refractivity contribution in [2.24, 2.45) is 23.7 Å². The molecule has 3 atom stereocenters. The van der Waals surface area contributed by atoms with E-state index in [4.69, 9.17) is 4.74 Å². The van der Waals surface area contributed by atoms with E-state index in [0.717, 1.165) is 0 Å². The van der Waals surface area contributed by atoms with E-state index in [-0.39, 0.29) is 0 Å². The van der Waals surface area contributed by atoms with Crippen molar-refractivity contribution in [2.75, 3.05) is 5.75 Å². The molecule has 0 radical (unpaired) electrons. The summed E-state index contributed by atoms with van der Waals surface area (Å²) < 4.78 is 6.61. The maximum atomic E-state index is 6.61. The Balaban J connectivity index is 2.90. The van der Waals surface area contributed by atoms with Crippen LogP contribution in [-0.2, 0) is 4.74 Å². The lowest BCUT2D eigenvalue weighted by Crippen LogP contribution is -2.36. The zero-order chi connectivity index (χ0) is 15.1. The molecule has 0 N–H and O–H groups in total. The molecule has 1 heterocycles. The highest BCUT2D eigenvalue weighted by atomic mass is 32.2. The molecular weight excluding hydrogens is 264 g/mol. The van der Waals surface area contributed by atoms with Crippen LogP contribution in [0, 0.1) is 23.7 Å². The summed E-state index contributed by atoms with van der Waals surface area (Å²) in [6.07, 6.45) is 8.76. The number of thioether (sulfide) groups is 1. The number of hydrogen-bond acceptors (Lipinski definition) is 2. The van der Waals surface area contributed by atoms with E-state index in [1.54, 1.807) is 0 Å². The molecule has 0 amide bonds. The second-order valence-electron chi connectivity index (χ2n) is 7.07. The van der Waals surface area contributed by atoms with Crippen LogP contribution in [0.3, 0.4) is 0 Å². The average molecular weight is 299 g/mol. The molecule has 0 aromatic heterocycles. The van der Waals surface area contributed by atoms with Gasteiger partial charge in [0.1, 0.15) is 5.44 Å². The molecule has 20 heavy (non-hydrogen) atoms. The van der Waals surface area contributed by atoms with Gasteiger partial charge in [-0.15, -0.1) is 11.8 Å².